The molecule has 1 rings (SSSR count). The van der Waals surface area contributed by atoms with Gasteiger partial charge in [-0.15, -0.1) is 0 Å². The zero-order valence-electron chi connectivity index (χ0n) is 5.09. The molecule has 4 heteroatoms. The van der Waals surface area contributed by atoms with Crippen molar-refractivity contribution in [2.45, 2.75) is 12.8 Å². The predicted octanol–water partition coefficient (Wildman–Crippen LogP) is -0.303. The maximum atomic E-state index is 10.6. The average molecular weight is 129 g/mol. The van der Waals surface area contributed by atoms with Crippen LogP contribution in [0.25, 0.3) is 0 Å². The van der Waals surface area contributed by atoms with Crippen LogP contribution in [0.15, 0.2) is 0 Å². The number of hydrogen-bond donors (Lipinski definition) is 0. The van der Waals surface area contributed by atoms with Gasteiger partial charge in [-0.1, -0.05) is 0 Å². The molecule has 9 heavy (non-hydrogen) atoms. The molecule has 0 atom stereocenters. The van der Waals surface area contributed by atoms with Crippen molar-refractivity contribution >= 4 is 11.8 Å². The molecule has 4 nitrogen and oxygen atoms in total. The highest BCUT2D eigenvalue weighted by atomic mass is 16.7. The Hall–Kier alpha value is -0.900. The van der Waals surface area contributed by atoms with Crippen molar-refractivity contribution in [2.75, 3.05) is 7.11 Å². The van der Waals surface area contributed by atoms with E-state index in [-0.39, 0.29) is 24.7 Å². The first kappa shape index (κ1) is 6.22. The second-order valence-electron chi connectivity index (χ2n) is 1.76. The van der Waals surface area contributed by atoms with Gasteiger partial charge in [0.2, 0.25) is 0 Å². The normalized spacial score (nSPS) is 19.4. The van der Waals surface area contributed by atoms with E-state index in [1.807, 2.05) is 0 Å². The maximum Gasteiger partial charge on any atom is 0.253 e. The number of carbonyl (C=O) groups excluding carboxylic acids is 2. The highest BCUT2D eigenvalue weighted by Gasteiger charge is 2.28. The van der Waals surface area contributed by atoms with E-state index in [0.29, 0.717) is 0 Å². The lowest BCUT2D eigenvalue weighted by molar-refractivity contribution is -0.179. The molecule has 0 unspecified atom stereocenters. The SMILES string of the molecule is CON1C(=O)CCC1=O. The first-order chi connectivity index (χ1) is 4.25. The second-order valence-corrected chi connectivity index (χ2v) is 1.76. The Morgan fingerprint density at radius 2 is 1.78 bits per heavy atom. The summed E-state index contributed by atoms with van der Waals surface area (Å²) in [6.07, 6.45) is 0.569. The van der Waals surface area contributed by atoms with E-state index < -0.39 is 0 Å². The fourth-order valence-electron chi connectivity index (χ4n) is 0.760. The molecule has 0 aromatic rings. The molecule has 0 N–H and O–H groups in total. The fourth-order valence-corrected chi connectivity index (χ4v) is 0.760. The topological polar surface area (TPSA) is 46.6 Å². The van der Waals surface area contributed by atoms with Crippen molar-refractivity contribution < 1.29 is 14.4 Å². The van der Waals surface area contributed by atoms with E-state index in [1.165, 1.54) is 7.11 Å². The van der Waals surface area contributed by atoms with Crippen LogP contribution in [0.3, 0.4) is 0 Å². The highest BCUT2D eigenvalue weighted by molar-refractivity contribution is 6.00. The molecule has 0 spiro atoms. The van der Waals surface area contributed by atoms with E-state index >= 15 is 0 Å². The molecule has 0 aromatic heterocycles. The van der Waals surface area contributed by atoms with Gasteiger partial charge in [-0.25, -0.2) is 0 Å². The van der Waals surface area contributed by atoms with Gasteiger partial charge in [0.15, 0.2) is 0 Å². The Kier molecular flexibility index (Phi) is 1.48. The highest BCUT2D eigenvalue weighted by Crippen LogP contribution is 2.10. The van der Waals surface area contributed by atoms with Gasteiger partial charge in [-0.3, -0.25) is 14.4 Å². The summed E-state index contributed by atoms with van der Waals surface area (Å²) in [5.74, 6) is -0.495. The molecule has 1 heterocycles. The van der Waals surface area contributed by atoms with Crippen molar-refractivity contribution in [1.29, 1.82) is 0 Å². The maximum absolute atomic E-state index is 10.6. The van der Waals surface area contributed by atoms with E-state index in [0.717, 1.165) is 5.06 Å². The number of hydroxylamine groups is 2. The molecular formula is C5H7NO3. The van der Waals surface area contributed by atoms with Gasteiger partial charge in [-0.05, 0) is 0 Å². The van der Waals surface area contributed by atoms with E-state index in [2.05, 4.69) is 4.84 Å². The average Bonchev–Trinajstić information content (AvgIpc) is 2.12. The van der Waals surface area contributed by atoms with Crippen LogP contribution in [-0.4, -0.2) is 24.0 Å². The molecule has 1 fully saturated rings. The van der Waals surface area contributed by atoms with Crippen LogP contribution in [0.5, 0.6) is 0 Å². The minimum Gasteiger partial charge on any atom is -0.272 e. The van der Waals surface area contributed by atoms with Crippen molar-refractivity contribution in [1.82, 2.24) is 5.06 Å². The molecule has 0 radical (unpaired) electrons. The number of imide groups is 1. The molecule has 0 bridgehead atoms. The molecule has 0 aliphatic carbocycles. The van der Waals surface area contributed by atoms with Crippen LogP contribution in [-0.2, 0) is 14.4 Å². The monoisotopic (exact) mass is 129 g/mol. The molecule has 1 aliphatic rings. The number of amides is 2. The number of nitrogens with zero attached hydrogens (tertiary/aromatic N) is 1. The van der Waals surface area contributed by atoms with Gasteiger partial charge in [-0.2, -0.15) is 5.06 Å². The van der Waals surface area contributed by atoms with Crippen LogP contribution in [0.4, 0.5) is 0 Å². The zero-order valence-corrected chi connectivity index (χ0v) is 5.09. The quantitative estimate of drug-likeness (QED) is 0.456. The third-order valence-corrected chi connectivity index (χ3v) is 1.19. The molecule has 0 saturated carbocycles. The summed E-state index contributed by atoms with van der Waals surface area (Å²) in [5, 5.41) is 0.792. The van der Waals surface area contributed by atoms with E-state index in [1.54, 1.807) is 0 Å². The van der Waals surface area contributed by atoms with Crippen LogP contribution in [0.1, 0.15) is 12.8 Å². The fraction of sp³-hybridized carbons (Fsp3) is 0.600. The van der Waals surface area contributed by atoms with Gasteiger partial charge in [0, 0.05) is 12.8 Å². The summed E-state index contributed by atoms with van der Waals surface area (Å²) in [7, 11) is 1.31. The molecule has 1 aliphatic heterocycles. The molecular weight excluding hydrogens is 122 g/mol. The Labute approximate surface area is 52.3 Å². The summed E-state index contributed by atoms with van der Waals surface area (Å²) in [4.78, 5) is 25.7. The summed E-state index contributed by atoms with van der Waals surface area (Å²) in [5.41, 5.74) is 0. The smallest absolute Gasteiger partial charge is 0.253 e. The molecule has 2 amide bonds. The van der Waals surface area contributed by atoms with Crippen LogP contribution < -0.4 is 0 Å². The zero-order chi connectivity index (χ0) is 6.85. The van der Waals surface area contributed by atoms with Crippen molar-refractivity contribution in [3.8, 4) is 0 Å². The van der Waals surface area contributed by atoms with Gasteiger partial charge < -0.3 is 0 Å². The van der Waals surface area contributed by atoms with Gasteiger partial charge >= 0.3 is 0 Å². The van der Waals surface area contributed by atoms with Gasteiger partial charge in [0.05, 0.1) is 7.11 Å². The lowest BCUT2D eigenvalue weighted by Gasteiger charge is -2.07. The second kappa shape index (κ2) is 2.14. The third-order valence-electron chi connectivity index (χ3n) is 1.19. The number of carbonyl (C=O) groups is 2. The van der Waals surface area contributed by atoms with Crippen molar-refractivity contribution in [2.24, 2.45) is 0 Å². The van der Waals surface area contributed by atoms with Crippen LogP contribution >= 0.6 is 0 Å². The standard InChI is InChI=1S/C5H7NO3/c1-9-6-4(7)2-3-5(6)8/h2-3H2,1H3. The van der Waals surface area contributed by atoms with Crippen molar-refractivity contribution in [3.63, 3.8) is 0 Å². The molecule has 50 valence electrons. The Bertz CT molecular complexity index is 138. The van der Waals surface area contributed by atoms with Crippen molar-refractivity contribution in [3.05, 3.63) is 0 Å². The van der Waals surface area contributed by atoms with Gasteiger partial charge in [0.25, 0.3) is 11.8 Å². The lowest BCUT2D eigenvalue weighted by Crippen LogP contribution is -2.27. The Morgan fingerprint density at radius 3 is 2.00 bits per heavy atom. The summed E-state index contributed by atoms with van der Waals surface area (Å²) in [6, 6.07) is 0. The summed E-state index contributed by atoms with van der Waals surface area (Å²) < 4.78 is 0. The first-order valence-electron chi connectivity index (χ1n) is 2.65. The van der Waals surface area contributed by atoms with Crippen LogP contribution in [0, 0.1) is 0 Å². The predicted molar refractivity (Wildman–Crippen MR) is 28.1 cm³/mol. The molecule has 0 aromatic carbocycles. The number of rotatable bonds is 1. The van der Waals surface area contributed by atoms with Crippen LogP contribution in [0.2, 0.25) is 0 Å². The Balaban J connectivity index is 2.66. The first-order valence-corrected chi connectivity index (χ1v) is 2.65. The Morgan fingerprint density at radius 1 is 1.33 bits per heavy atom. The summed E-state index contributed by atoms with van der Waals surface area (Å²) in [6.45, 7) is 0. The van der Waals surface area contributed by atoms with Gasteiger partial charge in [0.1, 0.15) is 0 Å². The number of hydrogen-bond acceptors (Lipinski definition) is 3. The summed E-state index contributed by atoms with van der Waals surface area (Å²) >= 11 is 0. The van der Waals surface area contributed by atoms with E-state index in [4.69, 9.17) is 0 Å². The third kappa shape index (κ3) is 0.929. The minimum atomic E-state index is -0.248. The molecule has 1 saturated heterocycles. The largest absolute Gasteiger partial charge is 0.272 e. The lowest BCUT2D eigenvalue weighted by atomic mass is 10.4. The van der Waals surface area contributed by atoms with E-state index in [9.17, 15) is 9.59 Å². The minimum absolute atomic E-state index is 0.248.